The molecule has 2 rings (SSSR count). The van der Waals surface area contributed by atoms with E-state index in [4.69, 9.17) is 10.8 Å². The van der Waals surface area contributed by atoms with Gasteiger partial charge in [0.15, 0.2) is 0 Å². The zero-order valence-corrected chi connectivity index (χ0v) is 7.64. The molecule has 2 unspecified atom stereocenters. The van der Waals surface area contributed by atoms with Gasteiger partial charge in [0.1, 0.15) is 5.54 Å². The Hall–Kier alpha value is -0.280. The summed E-state index contributed by atoms with van der Waals surface area (Å²) in [5.74, 6) is -0.225. The lowest BCUT2D eigenvalue weighted by molar-refractivity contribution is -0.140. The molecule has 3 nitrogen and oxygen atoms in total. The fourth-order valence-electron chi connectivity index (χ4n) is 2.49. The molecule has 2 atom stereocenters. The molecule has 0 saturated heterocycles. The lowest BCUT2D eigenvalue weighted by Crippen LogP contribution is -2.36. The van der Waals surface area contributed by atoms with Crippen LogP contribution in [0.1, 0.15) is 25.7 Å². The first-order valence-corrected chi connectivity index (χ1v) is 4.19. The number of hydrogen-bond acceptors (Lipinski definition) is 2. The minimum Gasteiger partial charge on any atom is -0.480 e. The number of halogens is 1. The number of rotatable bonds is 1. The summed E-state index contributed by atoms with van der Waals surface area (Å²) in [4.78, 5) is 10.7. The molecule has 2 aliphatic carbocycles. The van der Waals surface area contributed by atoms with E-state index in [1.54, 1.807) is 0 Å². The van der Waals surface area contributed by atoms with Crippen LogP contribution in [-0.4, -0.2) is 16.6 Å². The summed E-state index contributed by atoms with van der Waals surface area (Å²) in [7, 11) is 0. The Morgan fingerprint density at radius 1 is 1.33 bits per heavy atom. The highest BCUT2D eigenvalue weighted by Gasteiger charge is 2.67. The number of nitrogens with two attached hydrogens (primary N) is 1. The molecule has 12 heavy (non-hydrogen) atoms. The normalized spacial score (nSPS) is 44.1. The van der Waals surface area contributed by atoms with E-state index < -0.39 is 11.5 Å². The van der Waals surface area contributed by atoms with Crippen molar-refractivity contribution in [1.82, 2.24) is 0 Å². The molecule has 2 aliphatic rings. The Morgan fingerprint density at radius 2 is 1.75 bits per heavy atom. The standard InChI is InChI=1S/C8H13NO2.ClH/c9-8(7(10)11)5-3-1-2-4-6(5)8;/h5-6H,1-4,9H2,(H,10,11);1H. The maximum Gasteiger partial charge on any atom is 0.324 e. The Morgan fingerprint density at radius 3 is 2.08 bits per heavy atom. The highest BCUT2D eigenvalue weighted by Crippen LogP contribution is 2.56. The topological polar surface area (TPSA) is 63.3 Å². The zero-order chi connectivity index (χ0) is 8.06. The van der Waals surface area contributed by atoms with E-state index in [2.05, 4.69) is 0 Å². The maximum atomic E-state index is 10.7. The van der Waals surface area contributed by atoms with Crippen LogP contribution < -0.4 is 5.73 Å². The van der Waals surface area contributed by atoms with E-state index in [0.717, 1.165) is 25.7 Å². The van der Waals surface area contributed by atoms with Gasteiger partial charge in [-0.25, -0.2) is 0 Å². The number of aliphatic carboxylic acids is 1. The van der Waals surface area contributed by atoms with Gasteiger partial charge in [-0.3, -0.25) is 4.79 Å². The number of carboxylic acid groups (broad SMARTS) is 1. The van der Waals surface area contributed by atoms with Crippen molar-refractivity contribution in [3.63, 3.8) is 0 Å². The highest BCUT2D eigenvalue weighted by molar-refractivity contribution is 5.85. The number of carbonyl (C=O) groups is 1. The third-order valence-corrected chi connectivity index (χ3v) is 3.25. The van der Waals surface area contributed by atoms with E-state index in [-0.39, 0.29) is 24.2 Å². The molecule has 0 spiro atoms. The molecule has 2 fully saturated rings. The Labute approximate surface area is 77.7 Å². The van der Waals surface area contributed by atoms with Crippen molar-refractivity contribution in [3.8, 4) is 0 Å². The van der Waals surface area contributed by atoms with Gasteiger partial charge in [0.05, 0.1) is 0 Å². The zero-order valence-electron chi connectivity index (χ0n) is 6.82. The van der Waals surface area contributed by atoms with Crippen molar-refractivity contribution in [3.05, 3.63) is 0 Å². The number of hydrogen-bond donors (Lipinski definition) is 2. The van der Waals surface area contributed by atoms with Crippen LogP contribution in [0.15, 0.2) is 0 Å². The molecule has 0 aromatic heterocycles. The molecule has 0 amide bonds. The second-order valence-corrected chi connectivity index (χ2v) is 3.74. The average molecular weight is 192 g/mol. The molecule has 0 aromatic carbocycles. The average Bonchev–Trinajstić information content (AvgIpc) is 2.61. The van der Waals surface area contributed by atoms with Gasteiger partial charge in [0.2, 0.25) is 0 Å². The first-order valence-electron chi connectivity index (χ1n) is 4.19. The second kappa shape index (κ2) is 2.89. The van der Waals surface area contributed by atoms with E-state index >= 15 is 0 Å². The molecular weight excluding hydrogens is 178 g/mol. The van der Waals surface area contributed by atoms with Crippen LogP contribution >= 0.6 is 12.4 Å². The fraction of sp³-hybridized carbons (Fsp3) is 0.875. The summed E-state index contributed by atoms with van der Waals surface area (Å²) in [6.45, 7) is 0. The van der Waals surface area contributed by atoms with Crippen LogP contribution in [0.2, 0.25) is 0 Å². The molecule has 4 heteroatoms. The molecule has 0 aromatic rings. The van der Waals surface area contributed by atoms with Gasteiger partial charge >= 0.3 is 5.97 Å². The van der Waals surface area contributed by atoms with E-state index in [0.29, 0.717) is 0 Å². The first kappa shape index (κ1) is 9.81. The summed E-state index contributed by atoms with van der Waals surface area (Å²) in [6.07, 6.45) is 4.36. The van der Waals surface area contributed by atoms with Gasteiger partial charge in [-0.1, -0.05) is 12.8 Å². The highest BCUT2D eigenvalue weighted by atomic mass is 35.5. The van der Waals surface area contributed by atoms with Crippen LogP contribution in [0.3, 0.4) is 0 Å². The van der Waals surface area contributed by atoms with Crippen LogP contribution in [0.4, 0.5) is 0 Å². The molecule has 3 N–H and O–H groups in total. The summed E-state index contributed by atoms with van der Waals surface area (Å²) >= 11 is 0. The summed E-state index contributed by atoms with van der Waals surface area (Å²) < 4.78 is 0. The third kappa shape index (κ3) is 1.04. The van der Waals surface area contributed by atoms with Crippen molar-refractivity contribution >= 4 is 18.4 Å². The quantitative estimate of drug-likeness (QED) is 0.650. The van der Waals surface area contributed by atoms with Gasteiger partial charge in [0.25, 0.3) is 0 Å². The molecule has 0 bridgehead atoms. The minimum atomic E-state index is -0.837. The van der Waals surface area contributed by atoms with Gasteiger partial charge in [-0.2, -0.15) is 0 Å². The van der Waals surface area contributed by atoms with Gasteiger partial charge < -0.3 is 10.8 Å². The number of fused-ring (bicyclic) bond motifs is 1. The van der Waals surface area contributed by atoms with E-state index in [1.165, 1.54) is 0 Å². The van der Waals surface area contributed by atoms with Crippen LogP contribution in [0, 0.1) is 11.8 Å². The molecular formula is C8H14ClNO2. The van der Waals surface area contributed by atoms with Crippen LogP contribution in [-0.2, 0) is 4.79 Å². The van der Waals surface area contributed by atoms with Crippen LogP contribution in [0.25, 0.3) is 0 Å². The lowest BCUT2D eigenvalue weighted by Gasteiger charge is -2.04. The number of carboxylic acids is 1. The van der Waals surface area contributed by atoms with Crippen molar-refractivity contribution in [2.24, 2.45) is 17.6 Å². The first-order chi connectivity index (χ1) is 5.17. The molecule has 70 valence electrons. The van der Waals surface area contributed by atoms with Gasteiger partial charge in [0, 0.05) is 0 Å². The predicted octanol–water partition coefficient (Wildman–Crippen LogP) is 1.01. The van der Waals surface area contributed by atoms with Crippen molar-refractivity contribution < 1.29 is 9.90 Å². The largest absolute Gasteiger partial charge is 0.480 e. The van der Waals surface area contributed by atoms with E-state index in [1.807, 2.05) is 0 Å². The molecule has 0 radical (unpaired) electrons. The van der Waals surface area contributed by atoms with Crippen LogP contribution in [0.5, 0.6) is 0 Å². The van der Waals surface area contributed by atoms with E-state index in [9.17, 15) is 4.79 Å². The monoisotopic (exact) mass is 191 g/mol. The van der Waals surface area contributed by atoms with Crippen molar-refractivity contribution in [2.45, 2.75) is 31.2 Å². The lowest BCUT2D eigenvalue weighted by atomic mass is 10.0. The SMILES string of the molecule is Cl.NC1(C(=O)O)C2CCCCC21. The summed E-state index contributed by atoms with van der Waals surface area (Å²) in [5.41, 5.74) is 4.90. The maximum absolute atomic E-state index is 10.7. The Kier molecular flexibility index (Phi) is 2.36. The molecule has 2 saturated carbocycles. The Bertz CT molecular complexity index is 195. The summed E-state index contributed by atoms with van der Waals surface area (Å²) in [6, 6.07) is 0. The fourth-order valence-corrected chi connectivity index (χ4v) is 2.49. The Balaban J connectivity index is 0.000000720. The van der Waals surface area contributed by atoms with Crippen molar-refractivity contribution in [2.75, 3.05) is 0 Å². The van der Waals surface area contributed by atoms with Crippen molar-refractivity contribution in [1.29, 1.82) is 0 Å². The predicted molar refractivity (Wildman–Crippen MR) is 47.3 cm³/mol. The molecule has 0 heterocycles. The van der Waals surface area contributed by atoms with Gasteiger partial charge in [-0.15, -0.1) is 12.4 Å². The second-order valence-electron chi connectivity index (χ2n) is 3.74. The third-order valence-electron chi connectivity index (χ3n) is 3.25. The summed E-state index contributed by atoms with van der Waals surface area (Å²) in [5, 5.41) is 8.82. The van der Waals surface area contributed by atoms with Gasteiger partial charge in [-0.05, 0) is 24.7 Å². The molecule has 0 aliphatic heterocycles. The minimum absolute atomic E-state index is 0. The smallest absolute Gasteiger partial charge is 0.324 e.